The van der Waals surface area contributed by atoms with Crippen LogP contribution < -0.4 is 0 Å². The van der Waals surface area contributed by atoms with Crippen molar-refractivity contribution in [2.75, 3.05) is 0 Å². The molecule has 2 radical (unpaired) electrons. The summed E-state index contributed by atoms with van der Waals surface area (Å²) in [6.45, 7) is 13.3. The number of fused-ring (bicyclic) bond motifs is 2. The summed E-state index contributed by atoms with van der Waals surface area (Å²) in [5.41, 5.74) is 12.3. The van der Waals surface area contributed by atoms with E-state index >= 15 is 0 Å². The third-order valence-electron chi connectivity index (χ3n) is 11.8. The van der Waals surface area contributed by atoms with E-state index in [1.54, 1.807) is 0 Å². The molecule has 0 saturated heterocycles. The van der Waals surface area contributed by atoms with Crippen molar-refractivity contribution in [1.29, 1.82) is 0 Å². The van der Waals surface area contributed by atoms with Crippen LogP contribution in [0.5, 0.6) is 0 Å². The Bertz CT molecular complexity index is 1820. The summed E-state index contributed by atoms with van der Waals surface area (Å²) in [5, 5.41) is 5.61. The summed E-state index contributed by atoms with van der Waals surface area (Å²) in [6, 6.07) is 41.0. The van der Waals surface area contributed by atoms with Crippen LogP contribution in [-0.2, 0) is 33.7 Å². The molecule has 0 amide bonds. The van der Waals surface area contributed by atoms with E-state index in [0.717, 1.165) is 9.52 Å². The molecule has 0 bridgehead atoms. The van der Waals surface area contributed by atoms with Crippen LogP contribution in [0.2, 0.25) is 13.1 Å². The topological polar surface area (TPSA) is 0 Å². The Morgan fingerprint density at radius 1 is 0.596 bits per heavy atom. The number of aryl methyl sites for hydroxylation is 2. The average molecular weight is 823 g/mol. The van der Waals surface area contributed by atoms with E-state index in [2.05, 4.69) is 150 Å². The molecule has 8 rings (SSSR count). The summed E-state index contributed by atoms with van der Waals surface area (Å²) in [6.07, 6.45) is 13.6. The fourth-order valence-corrected chi connectivity index (χ4v) is 8.30. The van der Waals surface area contributed by atoms with Crippen molar-refractivity contribution in [3.63, 3.8) is 0 Å². The molecule has 2 fully saturated rings. The van der Waals surface area contributed by atoms with Gasteiger partial charge in [-0.1, -0.05) is 136 Å². The minimum absolute atomic E-state index is 0.592. The Morgan fingerprint density at radius 2 is 0.942 bits per heavy atom. The first-order chi connectivity index (χ1) is 25.2. The number of hydrogen-bond acceptors (Lipinski definition) is 0. The second kappa shape index (κ2) is 19.4. The SMILES string of the molecule is CCC1(Cc2cc3c(-c4ccc(C)cc4)cccc3[cH-]2)CCC1.CCC1(Cc2cc3c(-c4ccc(C)cc4)cccc3[cH-]2)CCC1.C[Si]C.[Cl][Zr+2][Cl]. The van der Waals surface area contributed by atoms with E-state index in [1.165, 1.54) is 130 Å². The molecule has 2 aliphatic rings. The summed E-state index contributed by atoms with van der Waals surface area (Å²) >= 11 is -0.826. The zero-order chi connectivity index (χ0) is 37.1. The Hall–Kier alpha value is -2.22. The van der Waals surface area contributed by atoms with E-state index in [1.807, 2.05) is 0 Å². The molecule has 4 heteroatoms. The molecule has 0 nitrogen and oxygen atoms in total. The number of rotatable bonds is 8. The fourth-order valence-electron chi connectivity index (χ4n) is 8.30. The molecule has 270 valence electrons. The van der Waals surface area contributed by atoms with Gasteiger partial charge < -0.3 is 0 Å². The first-order valence-electron chi connectivity index (χ1n) is 19.3. The van der Waals surface area contributed by atoms with E-state index in [9.17, 15) is 0 Å². The van der Waals surface area contributed by atoms with Gasteiger partial charge in [0.15, 0.2) is 0 Å². The molecule has 0 atom stereocenters. The monoisotopic (exact) mass is 820 g/mol. The van der Waals surface area contributed by atoms with Crippen molar-refractivity contribution in [2.45, 2.75) is 105 Å². The molecule has 2 aliphatic carbocycles. The third kappa shape index (κ3) is 10.1. The van der Waals surface area contributed by atoms with Crippen LogP contribution in [0.4, 0.5) is 0 Å². The molecule has 6 aromatic carbocycles. The molecule has 52 heavy (non-hydrogen) atoms. The minimum atomic E-state index is -0.826. The van der Waals surface area contributed by atoms with Gasteiger partial charge in [0, 0.05) is 9.52 Å². The van der Waals surface area contributed by atoms with Crippen LogP contribution in [0.25, 0.3) is 43.8 Å². The van der Waals surface area contributed by atoms with E-state index in [4.69, 9.17) is 17.0 Å². The van der Waals surface area contributed by atoms with Crippen LogP contribution >= 0.6 is 17.0 Å². The van der Waals surface area contributed by atoms with Gasteiger partial charge >= 0.3 is 37.9 Å². The Morgan fingerprint density at radius 3 is 1.23 bits per heavy atom. The van der Waals surface area contributed by atoms with Crippen molar-refractivity contribution in [3.05, 3.63) is 131 Å². The van der Waals surface area contributed by atoms with Gasteiger partial charge in [-0.05, 0) is 74.3 Å². The Labute approximate surface area is 335 Å². The average Bonchev–Trinajstić information content (AvgIpc) is 3.73. The van der Waals surface area contributed by atoms with Crippen molar-refractivity contribution >= 4 is 48.1 Å². The second-order valence-electron chi connectivity index (χ2n) is 15.4. The second-order valence-corrected chi connectivity index (χ2v) is 20.1. The molecular formula is C48H56Cl2SiZr. The zero-order valence-corrected chi connectivity index (χ0v) is 37.2. The molecule has 0 spiro atoms. The Balaban J connectivity index is 0.000000175. The van der Waals surface area contributed by atoms with Crippen LogP contribution in [0.1, 0.15) is 87.5 Å². The van der Waals surface area contributed by atoms with E-state index < -0.39 is 20.8 Å². The molecule has 2 saturated carbocycles. The fraction of sp³-hybridized carbons (Fsp3) is 0.375. The molecular weight excluding hydrogens is 767 g/mol. The van der Waals surface area contributed by atoms with Crippen molar-refractivity contribution in [1.82, 2.24) is 0 Å². The summed E-state index contributed by atoms with van der Waals surface area (Å²) in [7, 11) is 11.0. The van der Waals surface area contributed by atoms with Gasteiger partial charge in [0.05, 0.1) is 0 Å². The first kappa shape index (κ1) is 41.0. The zero-order valence-electron chi connectivity index (χ0n) is 32.2. The van der Waals surface area contributed by atoms with Gasteiger partial charge in [-0.25, -0.2) is 0 Å². The summed E-state index contributed by atoms with van der Waals surface area (Å²) in [4.78, 5) is 0. The van der Waals surface area contributed by atoms with Crippen molar-refractivity contribution in [2.24, 2.45) is 10.8 Å². The van der Waals surface area contributed by atoms with Gasteiger partial charge in [-0.3, -0.25) is 0 Å². The summed E-state index contributed by atoms with van der Waals surface area (Å²) < 4.78 is 0. The van der Waals surface area contributed by atoms with E-state index in [-0.39, 0.29) is 0 Å². The van der Waals surface area contributed by atoms with Crippen LogP contribution in [0.3, 0.4) is 0 Å². The Kier molecular flexibility index (Phi) is 15.3. The predicted molar refractivity (Wildman–Crippen MR) is 229 cm³/mol. The van der Waals surface area contributed by atoms with Gasteiger partial charge in [0.2, 0.25) is 0 Å². The number of benzene rings is 4. The van der Waals surface area contributed by atoms with E-state index in [0.29, 0.717) is 10.8 Å². The van der Waals surface area contributed by atoms with Crippen LogP contribution in [0, 0.1) is 24.7 Å². The van der Waals surface area contributed by atoms with Crippen molar-refractivity contribution < 1.29 is 20.8 Å². The number of hydrogen-bond donors (Lipinski definition) is 0. The van der Waals surface area contributed by atoms with Crippen LogP contribution in [-0.4, -0.2) is 9.52 Å². The van der Waals surface area contributed by atoms with Crippen LogP contribution in [0.15, 0.2) is 109 Å². The first-order valence-corrected chi connectivity index (χ1v) is 27.6. The normalized spacial score (nSPS) is 15.1. The molecule has 0 aliphatic heterocycles. The van der Waals surface area contributed by atoms with Crippen molar-refractivity contribution in [3.8, 4) is 22.3 Å². The van der Waals surface area contributed by atoms with Gasteiger partial charge in [-0.2, -0.15) is 12.1 Å². The van der Waals surface area contributed by atoms with Gasteiger partial charge in [0.1, 0.15) is 0 Å². The van der Waals surface area contributed by atoms with Gasteiger partial charge in [0.25, 0.3) is 0 Å². The third-order valence-corrected chi connectivity index (χ3v) is 11.8. The molecule has 0 heterocycles. The quantitative estimate of drug-likeness (QED) is 0.106. The molecule has 6 aromatic rings. The molecule has 0 unspecified atom stereocenters. The molecule has 0 N–H and O–H groups in total. The number of halogens is 2. The standard InChI is InChI=1S/2C23H25.C2H6Si.2ClH.Zr/c2*1-3-23(12-5-13-23)16-18-14-20-6-4-7-21(22(20)15-18)19-10-8-17(2)9-11-19;1-3-2;;;/h2*4,6-11,14-15H,3,5,12-13,16H2,1-2H3;1-2H3;2*1H;/q2*-1;;;;+4/p-2. The molecule has 0 aromatic heterocycles. The summed E-state index contributed by atoms with van der Waals surface area (Å²) in [5.74, 6) is 0. The maximum atomic E-state index is 4.93. The van der Waals surface area contributed by atoms with Gasteiger partial charge in [-0.15, -0.1) is 69.1 Å². The maximum absolute atomic E-state index is 4.93. The predicted octanol–water partition coefficient (Wildman–Crippen LogP) is 15.5.